The van der Waals surface area contributed by atoms with E-state index in [0.29, 0.717) is 10.2 Å². The molecule has 7 heteroatoms. The van der Waals surface area contributed by atoms with Crippen molar-refractivity contribution in [2.75, 3.05) is 7.05 Å². The number of aromatic nitrogens is 2. The Morgan fingerprint density at radius 1 is 1.16 bits per heavy atom. The second-order valence-electron chi connectivity index (χ2n) is 7.92. The highest BCUT2D eigenvalue weighted by molar-refractivity contribution is 7.17. The van der Waals surface area contributed by atoms with Crippen molar-refractivity contribution >= 4 is 27.5 Å². The Morgan fingerprint density at radius 3 is 2.53 bits per heavy atom. The molecule has 5 nitrogen and oxygen atoms in total. The Kier molecular flexibility index (Phi) is 6.19. The molecule has 164 valence electrons. The van der Waals surface area contributed by atoms with Gasteiger partial charge in [0.15, 0.2) is 0 Å². The van der Waals surface area contributed by atoms with Gasteiger partial charge in [0.05, 0.1) is 17.8 Å². The molecule has 2 heterocycles. The number of hydrogen-bond acceptors (Lipinski definition) is 4. The van der Waals surface area contributed by atoms with Crippen LogP contribution in [0.4, 0.5) is 4.39 Å². The van der Waals surface area contributed by atoms with E-state index in [9.17, 15) is 14.0 Å². The predicted molar refractivity (Wildman–Crippen MR) is 126 cm³/mol. The summed E-state index contributed by atoms with van der Waals surface area (Å²) in [5.74, 6) is -0.409. The molecule has 2 aromatic carbocycles. The number of amides is 1. The van der Waals surface area contributed by atoms with E-state index in [4.69, 9.17) is 0 Å². The molecule has 0 spiro atoms. The lowest BCUT2D eigenvalue weighted by Crippen LogP contribution is -2.31. The van der Waals surface area contributed by atoms with Crippen molar-refractivity contribution in [3.05, 3.63) is 87.5 Å². The molecule has 4 rings (SSSR count). The summed E-state index contributed by atoms with van der Waals surface area (Å²) >= 11 is 1.44. The molecule has 1 amide bonds. The van der Waals surface area contributed by atoms with E-state index >= 15 is 0 Å². The number of carbonyl (C=O) groups is 1. The molecule has 0 bridgehead atoms. The third kappa shape index (κ3) is 4.34. The van der Waals surface area contributed by atoms with Crippen LogP contribution >= 0.6 is 11.3 Å². The van der Waals surface area contributed by atoms with Crippen LogP contribution in [0.1, 0.15) is 30.5 Å². The summed E-state index contributed by atoms with van der Waals surface area (Å²) in [6.07, 6.45) is 1.68. The van der Waals surface area contributed by atoms with E-state index in [-0.39, 0.29) is 36.3 Å². The molecular weight excluding hydrogens is 425 g/mol. The van der Waals surface area contributed by atoms with Crippen LogP contribution in [0.15, 0.2) is 65.0 Å². The first-order valence-electron chi connectivity index (χ1n) is 10.4. The van der Waals surface area contributed by atoms with Crippen LogP contribution in [0.5, 0.6) is 0 Å². The molecule has 0 saturated heterocycles. The lowest BCUT2D eigenvalue weighted by atomic mass is 10.1. The number of rotatable bonds is 6. The number of benzene rings is 2. The second kappa shape index (κ2) is 9.04. The number of hydrogen-bond donors (Lipinski definition) is 0. The van der Waals surface area contributed by atoms with Crippen molar-refractivity contribution in [1.82, 2.24) is 14.5 Å². The molecular formula is C25H24FN3O2S. The highest BCUT2D eigenvalue weighted by Crippen LogP contribution is 2.30. The average Bonchev–Trinajstić information content (AvgIpc) is 3.23. The lowest BCUT2D eigenvalue weighted by Gasteiger charge is -2.25. The van der Waals surface area contributed by atoms with E-state index in [1.54, 1.807) is 24.1 Å². The highest BCUT2D eigenvalue weighted by Gasteiger charge is 2.19. The van der Waals surface area contributed by atoms with Crippen molar-refractivity contribution in [2.45, 2.75) is 32.9 Å². The fourth-order valence-corrected chi connectivity index (χ4v) is 4.55. The van der Waals surface area contributed by atoms with Crippen LogP contribution in [0, 0.1) is 12.7 Å². The maximum absolute atomic E-state index is 13.2. The predicted octanol–water partition coefficient (Wildman–Crippen LogP) is 5.18. The van der Waals surface area contributed by atoms with Crippen molar-refractivity contribution < 1.29 is 9.18 Å². The normalized spacial score (nSPS) is 12.1. The van der Waals surface area contributed by atoms with Crippen LogP contribution in [-0.4, -0.2) is 27.4 Å². The van der Waals surface area contributed by atoms with Gasteiger partial charge in [0.25, 0.3) is 5.56 Å². The molecule has 0 aliphatic heterocycles. The third-order valence-electron chi connectivity index (χ3n) is 5.82. The third-order valence-corrected chi connectivity index (χ3v) is 6.70. The molecule has 0 aliphatic rings. The second-order valence-corrected chi connectivity index (χ2v) is 8.78. The maximum atomic E-state index is 13.2. The van der Waals surface area contributed by atoms with E-state index in [2.05, 4.69) is 4.98 Å². The SMILES string of the molecule is Cc1ccc(-c2csc3ncn(CCC(=O)N(C)C(C)c4ccc(F)cc4)c(=O)c23)cc1. The Morgan fingerprint density at radius 2 is 1.84 bits per heavy atom. The van der Waals surface area contributed by atoms with Gasteiger partial charge >= 0.3 is 0 Å². The van der Waals surface area contributed by atoms with Gasteiger partial charge in [-0.15, -0.1) is 11.3 Å². The maximum Gasteiger partial charge on any atom is 0.262 e. The van der Waals surface area contributed by atoms with Crippen LogP contribution < -0.4 is 5.56 Å². The zero-order chi connectivity index (χ0) is 22.8. The van der Waals surface area contributed by atoms with E-state index in [1.807, 2.05) is 43.5 Å². The Balaban J connectivity index is 1.53. The number of thiophene rings is 1. The molecule has 0 radical (unpaired) electrons. The summed E-state index contributed by atoms with van der Waals surface area (Å²) in [7, 11) is 1.72. The first kappa shape index (κ1) is 21.9. The minimum Gasteiger partial charge on any atom is -0.339 e. The van der Waals surface area contributed by atoms with Gasteiger partial charge in [-0.2, -0.15) is 0 Å². The van der Waals surface area contributed by atoms with Crippen LogP contribution in [-0.2, 0) is 11.3 Å². The Labute approximate surface area is 189 Å². The van der Waals surface area contributed by atoms with Crippen LogP contribution in [0.3, 0.4) is 0 Å². The lowest BCUT2D eigenvalue weighted by molar-refractivity contribution is -0.132. The molecule has 4 aromatic rings. The van der Waals surface area contributed by atoms with Gasteiger partial charge in [0, 0.05) is 31.0 Å². The molecule has 0 N–H and O–H groups in total. The van der Waals surface area contributed by atoms with Gasteiger partial charge in [0.2, 0.25) is 5.91 Å². The van der Waals surface area contributed by atoms with E-state index in [0.717, 1.165) is 22.3 Å². The quantitative estimate of drug-likeness (QED) is 0.407. The standard InChI is InChI=1S/C25H24FN3O2S/c1-16-4-6-19(7-5-16)21-14-32-24-23(21)25(31)29(15-27-24)13-12-22(30)28(3)17(2)18-8-10-20(26)11-9-18/h4-11,14-15,17H,12-13H2,1-3H3. The van der Waals surface area contributed by atoms with Gasteiger partial charge in [-0.3, -0.25) is 14.2 Å². The van der Waals surface area contributed by atoms with Gasteiger partial charge in [-0.1, -0.05) is 42.0 Å². The topological polar surface area (TPSA) is 55.2 Å². The number of carbonyl (C=O) groups excluding carboxylic acids is 1. The monoisotopic (exact) mass is 449 g/mol. The number of aryl methyl sites for hydroxylation is 2. The number of halogens is 1. The zero-order valence-electron chi connectivity index (χ0n) is 18.2. The van der Waals surface area contributed by atoms with Gasteiger partial charge in [-0.25, -0.2) is 9.37 Å². The average molecular weight is 450 g/mol. The molecule has 2 aromatic heterocycles. The van der Waals surface area contributed by atoms with Gasteiger partial charge in [-0.05, 0) is 37.1 Å². The number of nitrogens with zero attached hydrogens (tertiary/aromatic N) is 3. The molecule has 0 saturated carbocycles. The summed E-state index contributed by atoms with van der Waals surface area (Å²) in [6.45, 7) is 4.16. The van der Waals surface area contributed by atoms with Crippen LogP contribution in [0.2, 0.25) is 0 Å². The molecule has 1 unspecified atom stereocenters. The van der Waals surface area contributed by atoms with Crippen molar-refractivity contribution in [1.29, 1.82) is 0 Å². The largest absolute Gasteiger partial charge is 0.339 e. The molecule has 0 fully saturated rings. The Hall–Kier alpha value is -3.32. The van der Waals surface area contributed by atoms with Crippen LogP contribution in [0.25, 0.3) is 21.3 Å². The zero-order valence-corrected chi connectivity index (χ0v) is 19.0. The fraction of sp³-hybridized carbons (Fsp3) is 0.240. The summed E-state index contributed by atoms with van der Waals surface area (Å²) in [5, 5.41) is 2.54. The minimum atomic E-state index is -0.310. The first-order chi connectivity index (χ1) is 15.3. The molecule has 0 aliphatic carbocycles. The van der Waals surface area contributed by atoms with E-state index in [1.165, 1.54) is 34.4 Å². The summed E-state index contributed by atoms with van der Waals surface area (Å²) < 4.78 is 14.7. The number of fused-ring (bicyclic) bond motifs is 1. The van der Waals surface area contributed by atoms with Crippen molar-refractivity contribution in [3.63, 3.8) is 0 Å². The highest BCUT2D eigenvalue weighted by atomic mass is 32.1. The van der Waals surface area contributed by atoms with Crippen molar-refractivity contribution in [3.8, 4) is 11.1 Å². The summed E-state index contributed by atoms with van der Waals surface area (Å²) in [5.41, 5.74) is 3.70. The summed E-state index contributed by atoms with van der Waals surface area (Å²) in [4.78, 5) is 32.7. The molecule has 1 atom stereocenters. The molecule has 32 heavy (non-hydrogen) atoms. The Bertz CT molecular complexity index is 1310. The smallest absolute Gasteiger partial charge is 0.262 e. The first-order valence-corrected chi connectivity index (χ1v) is 11.3. The fourth-order valence-electron chi connectivity index (χ4n) is 3.65. The van der Waals surface area contributed by atoms with Gasteiger partial charge < -0.3 is 4.90 Å². The van der Waals surface area contributed by atoms with E-state index < -0.39 is 0 Å². The van der Waals surface area contributed by atoms with Crippen molar-refractivity contribution in [2.24, 2.45) is 0 Å². The van der Waals surface area contributed by atoms with Gasteiger partial charge in [0.1, 0.15) is 10.6 Å². The summed E-state index contributed by atoms with van der Waals surface area (Å²) in [6, 6.07) is 14.0. The minimum absolute atomic E-state index is 0.0992.